The van der Waals surface area contributed by atoms with E-state index in [1.165, 1.54) is 0 Å². The van der Waals surface area contributed by atoms with E-state index < -0.39 is 0 Å². The predicted molar refractivity (Wildman–Crippen MR) is 101 cm³/mol. The third-order valence-electron chi connectivity index (χ3n) is 3.57. The number of hydrogen-bond acceptors (Lipinski definition) is 4. The van der Waals surface area contributed by atoms with Crippen LogP contribution in [0.5, 0.6) is 0 Å². The number of anilines is 1. The Morgan fingerprint density at radius 2 is 2.04 bits per heavy atom. The maximum Gasteiger partial charge on any atom is 0.142 e. The number of nitrogens with zero attached hydrogens (tertiary/aromatic N) is 2. The van der Waals surface area contributed by atoms with Gasteiger partial charge in [0.05, 0.1) is 27.9 Å². The van der Waals surface area contributed by atoms with Crippen LogP contribution in [0.3, 0.4) is 0 Å². The molecule has 2 aromatic heterocycles. The molecule has 0 saturated heterocycles. The highest BCUT2D eigenvalue weighted by atomic mass is 32.1. The van der Waals surface area contributed by atoms with Crippen molar-refractivity contribution in [1.29, 1.82) is 0 Å². The normalized spacial score (nSPS) is 11.5. The number of benzene rings is 1. The van der Waals surface area contributed by atoms with Gasteiger partial charge in [-0.2, -0.15) is 0 Å². The Morgan fingerprint density at radius 3 is 2.75 bits per heavy atom. The summed E-state index contributed by atoms with van der Waals surface area (Å²) in [6, 6.07) is 9.69. The van der Waals surface area contributed by atoms with Crippen LogP contribution in [0, 0.1) is 5.41 Å². The van der Waals surface area contributed by atoms with E-state index in [0.717, 1.165) is 34.5 Å². The number of fused-ring (bicyclic) bond motifs is 1. The summed E-state index contributed by atoms with van der Waals surface area (Å²) in [5.41, 5.74) is 3.58. The Balaban J connectivity index is 2.13. The van der Waals surface area contributed by atoms with Crippen LogP contribution < -0.4 is 5.32 Å². The molecule has 0 aliphatic carbocycles. The summed E-state index contributed by atoms with van der Waals surface area (Å²) in [5.74, 6) is 1.44. The second-order valence-electron chi connectivity index (χ2n) is 6.85. The van der Waals surface area contributed by atoms with Crippen molar-refractivity contribution in [2.75, 3.05) is 11.9 Å². The van der Waals surface area contributed by atoms with Crippen LogP contribution in [-0.4, -0.2) is 31.1 Å². The van der Waals surface area contributed by atoms with Gasteiger partial charge in [-0.3, -0.25) is 0 Å². The molecule has 2 N–H and O–H groups in total. The standard InChI is InChI=1S/C18H20N4OS/c1-18(2,3)11-20-16-15(12(10-24-23)8-9-19-16)17-21-13-6-4-5-7-14(13)22-17/h4-10H,11H2,1-3H3,(H,19,20)(H,21,22). The quantitative estimate of drug-likeness (QED) is 0.714. The predicted octanol–water partition coefficient (Wildman–Crippen LogP) is 3.45. The number of para-hydroxylation sites is 2. The van der Waals surface area contributed by atoms with Crippen LogP contribution in [0.4, 0.5) is 5.82 Å². The number of rotatable bonds is 4. The summed E-state index contributed by atoms with van der Waals surface area (Å²) < 4.78 is 11.1. The van der Waals surface area contributed by atoms with E-state index in [4.69, 9.17) is 0 Å². The molecular weight excluding hydrogens is 320 g/mol. The van der Waals surface area contributed by atoms with Gasteiger partial charge in [0.15, 0.2) is 0 Å². The Morgan fingerprint density at radius 1 is 1.25 bits per heavy atom. The number of nitrogens with one attached hydrogen (secondary N) is 2. The van der Waals surface area contributed by atoms with Crippen molar-refractivity contribution in [3.05, 3.63) is 42.1 Å². The maximum absolute atomic E-state index is 11.1. The Kier molecular flexibility index (Phi) is 4.49. The Bertz CT molecular complexity index is 887. The van der Waals surface area contributed by atoms with Crippen molar-refractivity contribution >= 4 is 33.5 Å². The maximum atomic E-state index is 11.1. The molecule has 0 bridgehead atoms. The first-order valence-electron chi connectivity index (χ1n) is 7.78. The third-order valence-corrected chi connectivity index (χ3v) is 3.92. The molecule has 0 aliphatic rings. The van der Waals surface area contributed by atoms with Crippen molar-refractivity contribution in [1.82, 2.24) is 15.0 Å². The van der Waals surface area contributed by atoms with E-state index in [1.54, 1.807) is 11.6 Å². The van der Waals surface area contributed by atoms with Crippen LogP contribution in [0.25, 0.3) is 22.4 Å². The Hall–Kier alpha value is -2.47. The highest BCUT2D eigenvalue weighted by Gasteiger charge is 2.17. The average Bonchev–Trinajstić information content (AvgIpc) is 2.96. The Labute approximate surface area is 144 Å². The van der Waals surface area contributed by atoms with E-state index in [-0.39, 0.29) is 5.41 Å². The fourth-order valence-corrected chi connectivity index (χ4v) is 2.73. The molecule has 0 amide bonds. The van der Waals surface area contributed by atoms with Gasteiger partial charge in [-0.25, -0.2) is 14.2 Å². The van der Waals surface area contributed by atoms with Gasteiger partial charge < -0.3 is 10.3 Å². The lowest BCUT2D eigenvalue weighted by Gasteiger charge is -2.20. The summed E-state index contributed by atoms with van der Waals surface area (Å²) in [5, 5.41) is 4.97. The number of pyridine rings is 1. The number of aromatic amines is 1. The summed E-state index contributed by atoms with van der Waals surface area (Å²) in [4.78, 5) is 12.5. The van der Waals surface area contributed by atoms with Gasteiger partial charge in [-0.15, -0.1) is 0 Å². The first kappa shape index (κ1) is 16.4. The number of aromatic nitrogens is 3. The molecule has 3 aromatic rings. The highest BCUT2D eigenvalue weighted by molar-refractivity contribution is 7.65. The van der Waals surface area contributed by atoms with Crippen LogP contribution in [0.2, 0.25) is 0 Å². The minimum Gasteiger partial charge on any atom is -0.369 e. The largest absolute Gasteiger partial charge is 0.369 e. The molecule has 0 atom stereocenters. The molecule has 2 heterocycles. The summed E-state index contributed by atoms with van der Waals surface area (Å²) >= 11 is 0.431. The molecule has 5 nitrogen and oxygen atoms in total. The lowest BCUT2D eigenvalue weighted by molar-refractivity contribution is 0.442. The smallest absolute Gasteiger partial charge is 0.142 e. The fourth-order valence-electron chi connectivity index (χ4n) is 2.43. The lowest BCUT2D eigenvalue weighted by Crippen LogP contribution is -2.20. The zero-order chi connectivity index (χ0) is 17.2. The molecule has 124 valence electrons. The lowest BCUT2D eigenvalue weighted by atomic mass is 9.97. The topological polar surface area (TPSA) is 70.7 Å². The van der Waals surface area contributed by atoms with Crippen LogP contribution in [0.1, 0.15) is 26.3 Å². The minimum atomic E-state index is 0.111. The van der Waals surface area contributed by atoms with E-state index in [0.29, 0.717) is 17.1 Å². The molecule has 0 aliphatic heterocycles. The van der Waals surface area contributed by atoms with Crippen LogP contribution >= 0.6 is 0 Å². The molecule has 0 spiro atoms. The fraction of sp³-hybridized carbons (Fsp3) is 0.278. The zero-order valence-corrected chi connectivity index (χ0v) is 14.8. The molecule has 3 rings (SSSR count). The van der Waals surface area contributed by atoms with Gasteiger partial charge in [0.1, 0.15) is 11.6 Å². The van der Waals surface area contributed by atoms with Gasteiger partial charge >= 0.3 is 0 Å². The molecule has 1 aromatic carbocycles. The van der Waals surface area contributed by atoms with Gasteiger partial charge in [-0.05, 0) is 23.6 Å². The molecular formula is C18H20N4OS. The molecule has 0 saturated carbocycles. The van der Waals surface area contributed by atoms with Gasteiger partial charge in [0.25, 0.3) is 0 Å². The second kappa shape index (κ2) is 6.57. The van der Waals surface area contributed by atoms with Gasteiger partial charge in [-0.1, -0.05) is 32.9 Å². The molecule has 0 fully saturated rings. The van der Waals surface area contributed by atoms with Gasteiger partial charge in [0.2, 0.25) is 0 Å². The minimum absolute atomic E-state index is 0.111. The second-order valence-corrected chi connectivity index (χ2v) is 7.28. The van der Waals surface area contributed by atoms with Crippen LogP contribution in [0.15, 0.2) is 36.5 Å². The van der Waals surface area contributed by atoms with Crippen molar-refractivity contribution in [3.8, 4) is 11.4 Å². The molecule has 0 radical (unpaired) electrons. The van der Waals surface area contributed by atoms with Crippen molar-refractivity contribution in [2.45, 2.75) is 20.8 Å². The molecule has 0 unspecified atom stereocenters. The summed E-state index contributed by atoms with van der Waals surface area (Å²) in [7, 11) is 0. The van der Waals surface area contributed by atoms with Crippen molar-refractivity contribution in [3.63, 3.8) is 0 Å². The van der Waals surface area contributed by atoms with E-state index in [1.807, 2.05) is 30.3 Å². The highest BCUT2D eigenvalue weighted by Crippen LogP contribution is 2.29. The first-order valence-corrected chi connectivity index (χ1v) is 8.58. The number of H-pyrrole nitrogens is 1. The van der Waals surface area contributed by atoms with E-state index >= 15 is 0 Å². The summed E-state index contributed by atoms with van der Waals surface area (Å²) in [6.45, 7) is 7.24. The van der Waals surface area contributed by atoms with E-state index in [9.17, 15) is 4.21 Å². The number of hydrogen-bond donors (Lipinski definition) is 2. The average molecular weight is 340 g/mol. The van der Waals surface area contributed by atoms with E-state index in [2.05, 4.69) is 41.0 Å². The SMILES string of the molecule is CC(C)(C)CNc1nccc(C=S=O)c1-c1nc2ccccc2[nH]1. The first-order chi connectivity index (χ1) is 11.5. The van der Waals surface area contributed by atoms with Gasteiger partial charge in [0, 0.05) is 23.7 Å². The molecule has 24 heavy (non-hydrogen) atoms. The van der Waals surface area contributed by atoms with Crippen molar-refractivity contribution < 1.29 is 4.21 Å². The zero-order valence-electron chi connectivity index (χ0n) is 14.0. The number of imidazole rings is 1. The van der Waals surface area contributed by atoms with Crippen molar-refractivity contribution in [2.24, 2.45) is 5.41 Å². The monoisotopic (exact) mass is 340 g/mol. The van der Waals surface area contributed by atoms with Crippen LogP contribution in [-0.2, 0) is 11.3 Å². The molecule has 6 heteroatoms. The summed E-state index contributed by atoms with van der Waals surface area (Å²) in [6.07, 6.45) is 1.71. The third kappa shape index (κ3) is 3.54.